The number of para-hydroxylation sites is 1. The molecule has 0 atom stereocenters. The molecule has 1 N–H and O–H groups in total. The molecule has 1 heterocycles. The van der Waals surface area contributed by atoms with Gasteiger partial charge in [0.15, 0.2) is 0 Å². The summed E-state index contributed by atoms with van der Waals surface area (Å²) in [5.41, 5.74) is 2.51. The van der Waals surface area contributed by atoms with Gasteiger partial charge in [-0.2, -0.15) is 11.3 Å². The first-order chi connectivity index (χ1) is 11.0. The van der Waals surface area contributed by atoms with E-state index in [0.29, 0.717) is 29.9 Å². The summed E-state index contributed by atoms with van der Waals surface area (Å²) < 4.78 is 0. The van der Waals surface area contributed by atoms with Crippen molar-refractivity contribution in [3.05, 3.63) is 64.4 Å². The molecule has 1 aromatic heterocycles. The Bertz CT molecular complexity index is 708. The van der Waals surface area contributed by atoms with Crippen molar-refractivity contribution in [2.24, 2.45) is 0 Å². The Morgan fingerprint density at radius 3 is 2.61 bits per heavy atom. The summed E-state index contributed by atoms with van der Waals surface area (Å²) in [6.45, 7) is 8.76. The number of amides is 2. The molecule has 4 nitrogen and oxygen atoms in total. The number of anilines is 1. The average Bonchev–Trinajstić information content (AvgIpc) is 3.07. The molecule has 120 valence electrons. The Balaban J connectivity index is 2.24. The Hall–Kier alpha value is -2.40. The first kappa shape index (κ1) is 17.0. The second-order valence-corrected chi connectivity index (χ2v) is 6.07. The van der Waals surface area contributed by atoms with E-state index < -0.39 is 0 Å². The van der Waals surface area contributed by atoms with Crippen molar-refractivity contribution >= 4 is 28.8 Å². The molecule has 0 bridgehead atoms. The highest BCUT2D eigenvalue weighted by Crippen LogP contribution is 2.19. The fourth-order valence-electron chi connectivity index (χ4n) is 2.19. The number of carbonyl (C=O) groups excluding carboxylic acids is 2. The third-order valence-electron chi connectivity index (χ3n) is 3.32. The predicted molar refractivity (Wildman–Crippen MR) is 95.1 cm³/mol. The largest absolute Gasteiger partial charge is 0.335 e. The fraction of sp³-hybridized carbons (Fsp3) is 0.222. The topological polar surface area (TPSA) is 49.4 Å². The van der Waals surface area contributed by atoms with Crippen LogP contribution in [0.5, 0.6) is 0 Å². The lowest BCUT2D eigenvalue weighted by atomic mass is 10.1. The number of benzene rings is 1. The second-order valence-electron chi connectivity index (χ2n) is 5.29. The molecule has 1 aromatic carbocycles. The number of thiophene rings is 1. The highest BCUT2D eigenvalue weighted by molar-refractivity contribution is 7.08. The summed E-state index contributed by atoms with van der Waals surface area (Å²) in [4.78, 5) is 26.7. The van der Waals surface area contributed by atoms with Crippen molar-refractivity contribution in [1.82, 2.24) is 4.90 Å². The first-order valence-corrected chi connectivity index (χ1v) is 8.33. The van der Waals surface area contributed by atoms with Crippen molar-refractivity contribution in [2.45, 2.75) is 13.8 Å². The number of carbonyl (C=O) groups is 2. The van der Waals surface area contributed by atoms with Crippen LogP contribution < -0.4 is 5.32 Å². The van der Waals surface area contributed by atoms with E-state index in [1.165, 1.54) is 11.3 Å². The van der Waals surface area contributed by atoms with Crippen LogP contribution in [0, 0.1) is 0 Å². The van der Waals surface area contributed by atoms with Gasteiger partial charge in [-0.05, 0) is 37.4 Å². The standard InChI is InChI=1S/C18H20N2O2S/c1-4-20(11-13(2)3)18(22)15-7-5-6-8-16(15)19-17(21)14-9-10-23-12-14/h5-10,12H,2,4,11H2,1,3H3,(H,19,21). The number of nitrogens with zero attached hydrogens (tertiary/aromatic N) is 1. The molecule has 0 spiro atoms. The van der Waals surface area contributed by atoms with Crippen molar-refractivity contribution in [3.63, 3.8) is 0 Å². The van der Waals surface area contributed by atoms with Crippen LogP contribution in [0.15, 0.2) is 53.2 Å². The minimum absolute atomic E-state index is 0.114. The fourth-order valence-corrected chi connectivity index (χ4v) is 2.83. The minimum atomic E-state index is -0.213. The van der Waals surface area contributed by atoms with Gasteiger partial charge in [0, 0.05) is 18.5 Å². The zero-order chi connectivity index (χ0) is 16.8. The molecule has 0 fully saturated rings. The molecule has 0 unspecified atom stereocenters. The molecule has 0 saturated heterocycles. The van der Waals surface area contributed by atoms with Gasteiger partial charge in [0.2, 0.25) is 0 Å². The van der Waals surface area contributed by atoms with Gasteiger partial charge < -0.3 is 10.2 Å². The summed E-state index contributed by atoms with van der Waals surface area (Å²) in [6.07, 6.45) is 0. The van der Waals surface area contributed by atoms with Crippen molar-refractivity contribution in [3.8, 4) is 0 Å². The molecular weight excluding hydrogens is 308 g/mol. The van der Waals surface area contributed by atoms with E-state index in [4.69, 9.17) is 0 Å². The number of nitrogens with one attached hydrogen (secondary N) is 1. The van der Waals surface area contributed by atoms with Gasteiger partial charge in [-0.3, -0.25) is 9.59 Å². The van der Waals surface area contributed by atoms with Gasteiger partial charge >= 0.3 is 0 Å². The molecule has 0 aliphatic rings. The molecular formula is C18H20N2O2S. The van der Waals surface area contributed by atoms with Crippen molar-refractivity contribution in [2.75, 3.05) is 18.4 Å². The lowest BCUT2D eigenvalue weighted by molar-refractivity contribution is 0.0779. The molecule has 0 aliphatic carbocycles. The Labute approximate surface area is 140 Å². The molecule has 2 amide bonds. The highest BCUT2D eigenvalue weighted by atomic mass is 32.1. The van der Waals surface area contributed by atoms with Crippen molar-refractivity contribution < 1.29 is 9.59 Å². The zero-order valence-corrected chi connectivity index (χ0v) is 14.2. The summed E-state index contributed by atoms with van der Waals surface area (Å²) in [7, 11) is 0. The predicted octanol–water partition coefficient (Wildman–Crippen LogP) is 4.04. The smallest absolute Gasteiger partial charge is 0.256 e. The van der Waals surface area contributed by atoms with E-state index in [2.05, 4.69) is 11.9 Å². The van der Waals surface area contributed by atoms with E-state index in [1.807, 2.05) is 19.2 Å². The van der Waals surface area contributed by atoms with Crippen LogP contribution in [0.25, 0.3) is 0 Å². The molecule has 23 heavy (non-hydrogen) atoms. The number of likely N-dealkylation sites (N-methyl/N-ethyl adjacent to an activating group) is 1. The third kappa shape index (κ3) is 4.29. The monoisotopic (exact) mass is 328 g/mol. The van der Waals surface area contributed by atoms with E-state index >= 15 is 0 Å². The third-order valence-corrected chi connectivity index (χ3v) is 4.00. The lowest BCUT2D eigenvalue weighted by Crippen LogP contribution is -2.32. The molecule has 2 rings (SSSR count). The normalized spacial score (nSPS) is 10.2. The van der Waals surface area contributed by atoms with Gasteiger partial charge in [0.05, 0.1) is 16.8 Å². The van der Waals surface area contributed by atoms with Gasteiger partial charge in [-0.1, -0.05) is 24.3 Å². The average molecular weight is 328 g/mol. The lowest BCUT2D eigenvalue weighted by Gasteiger charge is -2.22. The quantitative estimate of drug-likeness (QED) is 0.814. The molecule has 0 aliphatic heterocycles. The van der Waals surface area contributed by atoms with Crippen LogP contribution in [-0.4, -0.2) is 29.8 Å². The summed E-state index contributed by atoms with van der Waals surface area (Å²) in [5, 5.41) is 6.45. The Kier molecular flexibility index (Phi) is 5.71. The maximum atomic E-state index is 12.7. The molecule has 0 radical (unpaired) electrons. The van der Waals surface area contributed by atoms with E-state index in [9.17, 15) is 9.59 Å². The summed E-state index contributed by atoms with van der Waals surface area (Å²) >= 11 is 1.46. The summed E-state index contributed by atoms with van der Waals surface area (Å²) in [5.74, 6) is -0.328. The van der Waals surface area contributed by atoms with Crippen LogP contribution in [0.2, 0.25) is 0 Å². The highest BCUT2D eigenvalue weighted by Gasteiger charge is 2.19. The Morgan fingerprint density at radius 1 is 1.26 bits per heavy atom. The maximum Gasteiger partial charge on any atom is 0.256 e. The van der Waals surface area contributed by atoms with E-state index in [1.54, 1.807) is 40.6 Å². The van der Waals surface area contributed by atoms with Gasteiger partial charge in [0.1, 0.15) is 0 Å². The van der Waals surface area contributed by atoms with Gasteiger partial charge in [-0.15, -0.1) is 0 Å². The molecule has 2 aromatic rings. The summed E-state index contributed by atoms with van der Waals surface area (Å²) in [6, 6.07) is 8.82. The SMILES string of the molecule is C=C(C)CN(CC)C(=O)c1ccccc1NC(=O)c1ccsc1. The van der Waals surface area contributed by atoms with Crippen LogP contribution >= 0.6 is 11.3 Å². The number of rotatable bonds is 6. The van der Waals surface area contributed by atoms with E-state index in [0.717, 1.165) is 5.57 Å². The van der Waals surface area contributed by atoms with E-state index in [-0.39, 0.29) is 11.8 Å². The number of hydrogen-bond acceptors (Lipinski definition) is 3. The van der Waals surface area contributed by atoms with Crippen LogP contribution in [-0.2, 0) is 0 Å². The molecule has 0 saturated carbocycles. The van der Waals surface area contributed by atoms with Crippen molar-refractivity contribution in [1.29, 1.82) is 0 Å². The Morgan fingerprint density at radius 2 is 2.00 bits per heavy atom. The second kappa shape index (κ2) is 7.74. The minimum Gasteiger partial charge on any atom is -0.335 e. The first-order valence-electron chi connectivity index (χ1n) is 7.39. The van der Waals surface area contributed by atoms with Gasteiger partial charge in [0.25, 0.3) is 11.8 Å². The van der Waals surface area contributed by atoms with Gasteiger partial charge in [-0.25, -0.2) is 0 Å². The van der Waals surface area contributed by atoms with Crippen LogP contribution in [0.1, 0.15) is 34.6 Å². The maximum absolute atomic E-state index is 12.7. The zero-order valence-electron chi connectivity index (χ0n) is 13.3. The number of hydrogen-bond donors (Lipinski definition) is 1. The van der Waals surface area contributed by atoms with Crippen LogP contribution in [0.3, 0.4) is 0 Å². The molecule has 5 heteroatoms. The van der Waals surface area contributed by atoms with Crippen LogP contribution in [0.4, 0.5) is 5.69 Å².